The summed E-state index contributed by atoms with van der Waals surface area (Å²) in [5.41, 5.74) is 3.03. The molecule has 1 aromatic rings. The standard InChI is InChI=1S/C18H23N3O/c1-2-5-17(19)16-9-7-15(8-10-16)14-20-11-12-21-18(20)6-3-4-13-22-21/h3-4,6-10,19H,2,5,11-14H2,1H3. The first kappa shape index (κ1) is 14.9. The van der Waals surface area contributed by atoms with Crippen molar-refractivity contribution in [2.75, 3.05) is 19.7 Å². The van der Waals surface area contributed by atoms with Crippen LogP contribution in [0, 0.1) is 5.41 Å². The lowest BCUT2D eigenvalue weighted by atomic mass is 10.0. The van der Waals surface area contributed by atoms with Crippen molar-refractivity contribution in [3.63, 3.8) is 0 Å². The van der Waals surface area contributed by atoms with E-state index in [0.717, 1.165) is 49.6 Å². The average Bonchev–Trinajstić information content (AvgIpc) is 2.76. The molecule has 4 nitrogen and oxygen atoms in total. The Hall–Kier alpha value is -2.07. The monoisotopic (exact) mass is 297 g/mol. The Labute approximate surface area is 132 Å². The Morgan fingerprint density at radius 1 is 1.23 bits per heavy atom. The Kier molecular flexibility index (Phi) is 4.59. The van der Waals surface area contributed by atoms with E-state index in [2.05, 4.69) is 48.2 Å². The van der Waals surface area contributed by atoms with Gasteiger partial charge in [-0.15, -0.1) is 0 Å². The minimum Gasteiger partial charge on any atom is -0.350 e. The summed E-state index contributed by atoms with van der Waals surface area (Å²) in [7, 11) is 0. The summed E-state index contributed by atoms with van der Waals surface area (Å²) in [6.45, 7) is 5.52. The molecule has 0 amide bonds. The molecule has 0 spiro atoms. The molecule has 116 valence electrons. The minimum absolute atomic E-state index is 0.641. The van der Waals surface area contributed by atoms with Crippen molar-refractivity contribution >= 4 is 5.71 Å². The number of fused-ring (bicyclic) bond motifs is 1. The van der Waals surface area contributed by atoms with Gasteiger partial charge in [0.1, 0.15) is 5.82 Å². The highest BCUT2D eigenvalue weighted by Gasteiger charge is 2.25. The number of hydroxylamine groups is 2. The van der Waals surface area contributed by atoms with Gasteiger partial charge in [-0.05, 0) is 23.6 Å². The van der Waals surface area contributed by atoms with Gasteiger partial charge in [0, 0.05) is 18.8 Å². The summed E-state index contributed by atoms with van der Waals surface area (Å²) in [5, 5.41) is 10.00. The van der Waals surface area contributed by atoms with Crippen molar-refractivity contribution in [1.82, 2.24) is 9.96 Å². The maximum absolute atomic E-state index is 8.02. The Morgan fingerprint density at radius 2 is 2.05 bits per heavy atom. The first-order valence-electron chi connectivity index (χ1n) is 7.97. The van der Waals surface area contributed by atoms with E-state index in [4.69, 9.17) is 10.2 Å². The van der Waals surface area contributed by atoms with Crippen molar-refractivity contribution in [2.24, 2.45) is 0 Å². The van der Waals surface area contributed by atoms with E-state index in [0.29, 0.717) is 6.61 Å². The van der Waals surface area contributed by atoms with Crippen molar-refractivity contribution in [1.29, 1.82) is 5.41 Å². The second-order valence-corrected chi connectivity index (χ2v) is 5.70. The summed E-state index contributed by atoms with van der Waals surface area (Å²) in [5.74, 6) is 1.14. The molecule has 1 saturated heterocycles. The molecule has 1 aromatic carbocycles. The van der Waals surface area contributed by atoms with Crippen LogP contribution in [0.3, 0.4) is 0 Å². The van der Waals surface area contributed by atoms with Gasteiger partial charge in [-0.25, -0.2) is 5.06 Å². The maximum Gasteiger partial charge on any atom is 0.129 e. The molecule has 0 aliphatic carbocycles. The van der Waals surface area contributed by atoms with E-state index in [1.807, 2.05) is 11.1 Å². The van der Waals surface area contributed by atoms with E-state index in [9.17, 15) is 0 Å². The zero-order chi connectivity index (χ0) is 15.4. The molecular formula is C18H23N3O. The lowest BCUT2D eigenvalue weighted by Gasteiger charge is -2.23. The van der Waals surface area contributed by atoms with E-state index in [1.54, 1.807) is 0 Å². The zero-order valence-corrected chi connectivity index (χ0v) is 13.1. The molecule has 1 fully saturated rings. The van der Waals surface area contributed by atoms with Gasteiger partial charge in [-0.3, -0.25) is 4.84 Å². The van der Waals surface area contributed by atoms with Gasteiger partial charge >= 0.3 is 0 Å². The Morgan fingerprint density at radius 3 is 2.82 bits per heavy atom. The molecule has 0 unspecified atom stereocenters. The van der Waals surface area contributed by atoms with E-state index >= 15 is 0 Å². The molecule has 0 atom stereocenters. The normalized spacial score (nSPS) is 17.2. The molecule has 2 aliphatic heterocycles. The number of allylic oxidation sites excluding steroid dienone is 2. The van der Waals surface area contributed by atoms with Gasteiger partial charge in [0.15, 0.2) is 0 Å². The average molecular weight is 297 g/mol. The van der Waals surface area contributed by atoms with Crippen LogP contribution in [0.15, 0.2) is 48.3 Å². The number of hydrogen-bond acceptors (Lipinski definition) is 4. The zero-order valence-electron chi connectivity index (χ0n) is 13.1. The number of rotatable bonds is 5. The van der Waals surface area contributed by atoms with Gasteiger partial charge in [0.2, 0.25) is 0 Å². The number of benzene rings is 1. The van der Waals surface area contributed by atoms with Crippen molar-refractivity contribution in [3.05, 3.63) is 59.4 Å². The molecule has 3 rings (SSSR count). The van der Waals surface area contributed by atoms with Crippen LogP contribution in [-0.4, -0.2) is 35.4 Å². The number of hydrogen-bond donors (Lipinski definition) is 1. The summed E-state index contributed by atoms with van der Waals surface area (Å²) >= 11 is 0. The molecular weight excluding hydrogens is 274 g/mol. The topological polar surface area (TPSA) is 39.6 Å². The predicted molar refractivity (Wildman–Crippen MR) is 88.5 cm³/mol. The minimum atomic E-state index is 0.641. The fourth-order valence-electron chi connectivity index (χ4n) is 2.85. The van der Waals surface area contributed by atoms with Gasteiger partial charge < -0.3 is 10.3 Å². The highest BCUT2D eigenvalue weighted by molar-refractivity contribution is 5.98. The highest BCUT2D eigenvalue weighted by Crippen LogP contribution is 2.23. The molecule has 2 heterocycles. The molecule has 22 heavy (non-hydrogen) atoms. The smallest absolute Gasteiger partial charge is 0.129 e. The summed E-state index contributed by atoms with van der Waals surface area (Å²) < 4.78 is 0. The first-order chi connectivity index (χ1) is 10.8. The van der Waals surface area contributed by atoms with Crippen LogP contribution >= 0.6 is 0 Å². The second kappa shape index (κ2) is 6.79. The van der Waals surface area contributed by atoms with Gasteiger partial charge in [0.05, 0.1) is 13.2 Å². The van der Waals surface area contributed by atoms with Gasteiger partial charge in [-0.2, -0.15) is 0 Å². The van der Waals surface area contributed by atoms with Crippen LogP contribution in [0.4, 0.5) is 0 Å². The summed E-state index contributed by atoms with van der Waals surface area (Å²) in [6, 6.07) is 8.41. The van der Waals surface area contributed by atoms with E-state index in [1.165, 1.54) is 5.56 Å². The lowest BCUT2D eigenvalue weighted by Crippen LogP contribution is -2.22. The molecule has 4 heteroatoms. The predicted octanol–water partition coefficient (Wildman–Crippen LogP) is 3.31. The lowest BCUT2D eigenvalue weighted by molar-refractivity contribution is -0.109. The fraction of sp³-hybridized carbons (Fsp3) is 0.389. The van der Waals surface area contributed by atoms with Crippen molar-refractivity contribution < 1.29 is 4.84 Å². The molecule has 1 N–H and O–H groups in total. The molecule has 0 aromatic heterocycles. The molecule has 0 saturated carbocycles. The second-order valence-electron chi connectivity index (χ2n) is 5.70. The fourth-order valence-corrected chi connectivity index (χ4v) is 2.85. The largest absolute Gasteiger partial charge is 0.350 e. The Balaban J connectivity index is 1.67. The highest BCUT2D eigenvalue weighted by atomic mass is 16.7. The van der Waals surface area contributed by atoms with Gasteiger partial charge in [-0.1, -0.05) is 49.8 Å². The number of nitrogens with zero attached hydrogens (tertiary/aromatic N) is 2. The van der Waals surface area contributed by atoms with Crippen molar-refractivity contribution in [2.45, 2.75) is 26.3 Å². The quantitative estimate of drug-likeness (QED) is 0.848. The van der Waals surface area contributed by atoms with Gasteiger partial charge in [0.25, 0.3) is 0 Å². The SMILES string of the molecule is CCCC(=N)c1ccc(CN2CCN3OCC=CC=C23)cc1. The van der Waals surface area contributed by atoms with Crippen LogP contribution in [0.2, 0.25) is 0 Å². The maximum atomic E-state index is 8.02. The molecule has 0 bridgehead atoms. The third kappa shape index (κ3) is 3.22. The van der Waals surface area contributed by atoms with Crippen LogP contribution in [0.25, 0.3) is 0 Å². The van der Waals surface area contributed by atoms with Crippen LogP contribution < -0.4 is 0 Å². The Bertz CT molecular complexity index is 589. The van der Waals surface area contributed by atoms with E-state index < -0.39 is 0 Å². The van der Waals surface area contributed by atoms with Crippen LogP contribution in [-0.2, 0) is 11.4 Å². The molecule has 2 aliphatic rings. The van der Waals surface area contributed by atoms with Crippen LogP contribution in [0.5, 0.6) is 0 Å². The summed E-state index contributed by atoms with van der Waals surface area (Å²) in [4.78, 5) is 8.02. The molecule has 0 radical (unpaired) electrons. The summed E-state index contributed by atoms with van der Waals surface area (Å²) in [6.07, 6.45) is 8.06. The number of nitrogens with one attached hydrogen (secondary N) is 1. The third-order valence-electron chi connectivity index (χ3n) is 4.04. The van der Waals surface area contributed by atoms with Crippen LogP contribution in [0.1, 0.15) is 30.9 Å². The van der Waals surface area contributed by atoms with E-state index in [-0.39, 0.29) is 0 Å². The van der Waals surface area contributed by atoms with Crippen molar-refractivity contribution in [3.8, 4) is 0 Å². The first-order valence-corrected chi connectivity index (χ1v) is 7.97. The third-order valence-corrected chi connectivity index (χ3v) is 4.04.